The lowest BCUT2D eigenvalue weighted by molar-refractivity contribution is -0.139. The molecule has 0 atom stereocenters. The van der Waals surface area contributed by atoms with E-state index < -0.39 is 18.0 Å². The molecule has 0 bridgehead atoms. The molecule has 0 aliphatic heterocycles. The molecule has 0 amide bonds. The van der Waals surface area contributed by atoms with E-state index in [1.54, 1.807) is 0 Å². The molecule has 0 rings (SSSR count). The first-order valence-electron chi connectivity index (χ1n) is 8.89. The Morgan fingerprint density at radius 3 is 1.56 bits per heavy atom. The van der Waals surface area contributed by atoms with E-state index in [0.29, 0.717) is 65.8 Å². The number of carbonyl (C=O) groups excluding carboxylic acids is 1. The molecule has 0 aliphatic rings. The second-order valence-corrected chi connectivity index (χ2v) is 5.75. The molecule has 27 heavy (non-hydrogen) atoms. The van der Waals surface area contributed by atoms with Gasteiger partial charge in [0, 0.05) is 19.0 Å². The third-order valence-electron chi connectivity index (χ3n) is 3.24. The van der Waals surface area contributed by atoms with E-state index in [0.717, 1.165) is 0 Å². The smallest absolute Gasteiger partial charge is 0.304 e. The van der Waals surface area contributed by atoms with Crippen LogP contribution in [0.5, 0.6) is 0 Å². The fourth-order valence-electron chi connectivity index (χ4n) is 1.95. The summed E-state index contributed by atoms with van der Waals surface area (Å²) in [7, 11) is 0. The maximum atomic E-state index is 10.7. The van der Waals surface area contributed by atoms with Gasteiger partial charge in [-0.2, -0.15) is 0 Å². The van der Waals surface area contributed by atoms with Crippen LogP contribution in [-0.2, 0) is 33.3 Å². The van der Waals surface area contributed by atoms with Gasteiger partial charge in [0.15, 0.2) is 0 Å². The number of carboxylic acid groups (broad SMARTS) is 2. The Hall–Kier alpha value is -1.59. The highest BCUT2D eigenvalue weighted by Crippen LogP contribution is 1.98. The van der Waals surface area contributed by atoms with E-state index in [1.165, 1.54) is 6.92 Å². The molecule has 158 valence electrons. The summed E-state index contributed by atoms with van der Waals surface area (Å²) in [6, 6.07) is -0.622. The molecule has 0 aromatic heterocycles. The van der Waals surface area contributed by atoms with Crippen molar-refractivity contribution in [1.82, 2.24) is 5.32 Å². The van der Waals surface area contributed by atoms with Gasteiger partial charge in [0.2, 0.25) is 0 Å². The van der Waals surface area contributed by atoms with E-state index in [-0.39, 0.29) is 18.6 Å². The van der Waals surface area contributed by atoms with Gasteiger partial charge in [-0.1, -0.05) is 0 Å². The van der Waals surface area contributed by atoms with Crippen molar-refractivity contribution in [3.05, 3.63) is 0 Å². The number of aliphatic carboxylic acids is 2. The van der Waals surface area contributed by atoms with Crippen LogP contribution in [0.1, 0.15) is 26.2 Å². The SMILES string of the molecule is CC(=O)CCOCCOCCOCCOCCNC(CC(=O)O)CC(=O)O. The first-order chi connectivity index (χ1) is 12.9. The van der Waals surface area contributed by atoms with E-state index in [2.05, 4.69) is 5.32 Å². The van der Waals surface area contributed by atoms with Gasteiger partial charge in [0.1, 0.15) is 5.78 Å². The summed E-state index contributed by atoms with van der Waals surface area (Å²) in [6.07, 6.45) is -0.0905. The first kappa shape index (κ1) is 25.4. The van der Waals surface area contributed by atoms with Crippen molar-refractivity contribution in [3.8, 4) is 0 Å². The molecular formula is C17H31NO9. The van der Waals surface area contributed by atoms with Crippen molar-refractivity contribution < 1.29 is 43.5 Å². The standard InChI is InChI=1S/C17H31NO9/c1-14(19)2-4-24-6-8-26-10-11-27-9-7-25-5-3-18-15(12-16(20)21)13-17(22)23/h15,18H,2-13H2,1H3,(H,20,21)(H,22,23). The summed E-state index contributed by atoms with van der Waals surface area (Å²) in [6.45, 7) is 5.13. The normalized spacial score (nSPS) is 11.0. The van der Waals surface area contributed by atoms with Crippen molar-refractivity contribution in [1.29, 1.82) is 0 Å². The molecule has 10 heteroatoms. The third kappa shape index (κ3) is 20.6. The van der Waals surface area contributed by atoms with Crippen molar-refractivity contribution in [3.63, 3.8) is 0 Å². The zero-order chi connectivity index (χ0) is 20.3. The van der Waals surface area contributed by atoms with Gasteiger partial charge in [-0.25, -0.2) is 0 Å². The van der Waals surface area contributed by atoms with Crippen LogP contribution in [0.2, 0.25) is 0 Å². The molecule has 0 aromatic rings. The lowest BCUT2D eigenvalue weighted by Crippen LogP contribution is -2.35. The van der Waals surface area contributed by atoms with E-state index in [4.69, 9.17) is 29.2 Å². The number of Topliss-reactive ketones (excluding diaryl/α,β-unsaturated/α-hetero) is 1. The summed E-state index contributed by atoms with van der Waals surface area (Å²) < 4.78 is 21.1. The van der Waals surface area contributed by atoms with Crippen LogP contribution in [0.4, 0.5) is 0 Å². The maximum Gasteiger partial charge on any atom is 0.304 e. The summed E-state index contributed by atoms with van der Waals surface area (Å²) in [5.74, 6) is -2.00. The topological polar surface area (TPSA) is 141 Å². The zero-order valence-corrected chi connectivity index (χ0v) is 15.8. The highest BCUT2D eigenvalue weighted by atomic mass is 16.6. The molecule has 0 radical (unpaired) electrons. The van der Waals surface area contributed by atoms with Crippen molar-refractivity contribution in [2.75, 3.05) is 59.4 Å². The predicted octanol–water partition coefficient (Wildman–Crippen LogP) is -0.0605. The quantitative estimate of drug-likeness (QED) is 0.241. The number of ether oxygens (including phenoxy) is 4. The number of carbonyl (C=O) groups is 3. The summed E-state index contributed by atoms with van der Waals surface area (Å²) in [5.41, 5.74) is 0. The molecule has 0 heterocycles. The number of ketones is 1. The fraction of sp³-hybridized carbons (Fsp3) is 0.824. The molecule has 0 saturated carbocycles. The maximum absolute atomic E-state index is 10.7. The summed E-state index contributed by atoms with van der Waals surface area (Å²) >= 11 is 0. The van der Waals surface area contributed by atoms with Crippen LogP contribution < -0.4 is 5.32 Å². The zero-order valence-electron chi connectivity index (χ0n) is 15.8. The Labute approximate surface area is 159 Å². The van der Waals surface area contributed by atoms with Crippen molar-refractivity contribution in [2.24, 2.45) is 0 Å². The Morgan fingerprint density at radius 2 is 1.15 bits per heavy atom. The molecule has 3 N–H and O–H groups in total. The summed E-state index contributed by atoms with van der Waals surface area (Å²) in [5, 5.41) is 20.3. The Morgan fingerprint density at radius 1 is 0.741 bits per heavy atom. The van der Waals surface area contributed by atoms with Crippen LogP contribution in [0.15, 0.2) is 0 Å². The van der Waals surface area contributed by atoms with Gasteiger partial charge in [-0.3, -0.25) is 14.4 Å². The molecule has 0 saturated heterocycles. The van der Waals surface area contributed by atoms with Crippen LogP contribution in [-0.4, -0.2) is 93.4 Å². The summed E-state index contributed by atoms with van der Waals surface area (Å²) in [4.78, 5) is 32.0. The van der Waals surface area contributed by atoms with E-state index in [1.807, 2.05) is 0 Å². The van der Waals surface area contributed by atoms with Gasteiger partial charge in [0.25, 0.3) is 0 Å². The Bertz CT molecular complexity index is 401. The van der Waals surface area contributed by atoms with Gasteiger partial charge in [-0.15, -0.1) is 0 Å². The minimum Gasteiger partial charge on any atom is -0.481 e. The molecule has 0 unspecified atom stereocenters. The molecular weight excluding hydrogens is 362 g/mol. The molecule has 0 aliphatic carbocycles. The average molecular weight is 393 g/mol. The number of hydrogen-bond acceptors (Lipinski definition) is 8. The largest absolute Gasteiger partial charge is 0.481 e. The van der Waals surface area contributed by atoms with Gasteiger partial charge in [-0.05, 0) is 6.92 Å². The van der Waals surface area contributed by atoms with Gasteiger partial charge < -0.3 is 34.5 Å². The number of hydrogen-bond donors (Lipinski definition) is 3. The second kappa shape index (κ2) is 17.8. The minimum atomic E-state index is -1.05. The molecule has 0 spiro atoms. The predicted molar refractivity (Wildman–Crippen MR) is 94.9 cm³/mol. The monoisotopic (exact) mass is 393 g/mol. The Balaban J connectivity index is 3.35. The lowest BCUT2D eigenvalue weighted by atomic mass is 10.1. The molecule has 10 nitrogen and oxygen atoms in total. The third-order valence-corrected chi connectivity index (χ3v) is 3.24. The average Bonchev–Trinajstić information content (AvgIpc) is 2.56. The van der Waals surface area contributed by atoms with Crippen LogP contribution >= 0.6 is 0 Å². The number of nitrogens with one attached hydrogen (secondary N) is 1. The Kier molecular flexibility index (Phi) is 16.8. The van der Waals surface area contributed by atoms with Crippen LogP contribution in [0.25, 0.3) is 0 Å². The highest BCUT2D eigenvalue weighted by molar-refractivity contribution is 5.75. The minimum absolute atomic E-state index is 0.0997. The lowest BCUT2D eigenvalue weighted by Gasteiger charge is -2.14. The fourth-order valence-corrected chi connectivity index (χ4v) is 1.95. The van der Waals surface area contributed by atoms with E-state index in [9.17, 15) is 14.4 Å². The molecule has 0 fully saturated rings. The van der Waals surface area contributed by atoms with Crippen LogP contribution in [0.3, 0.4) is 0 Å². The number of rotatable bonds is 20. The van der Waals surface area contributed by atoms with E-state index >= 15 is 0 Å². The first-order valence-corrected chi connectivity index (χ1v) is 8.89. The van der Waals surface area contributed by atoms with Gasteiger partial charge >= 0.3 is 11.9 Å². The molecule has 0 aromatic carbocycles. The van der Waals surface area contributed by atoms with Gasteiger partial charge in [0.05, 0.1) is 65.7 Å². The van der Waals surface area contributed by atoms with Crippen molar-refractivity contribution in [2.45, 2.75) is 32.2 Å². The number of carboxylic acids is 2. The van der Waals surface area contributed by atoms with Crippen LogP contribution in [0, 0.1) is 0 Å². The van der Waals surface area contributed by atoms with Crippen molar-refractivity contribution >= 4 is 17.7 Å². The second-order valence-electron chi connectivity index (χ2n) is 5.75. The highest BCUT2D eigenvalue weighted by Gasteiger charge is 2.15.